The predicted molar refractivity (Wildman–Crippen MR) is 51.9 cm³/mol. The normalized spacial score (nSPS) is 18.6. The van der Waals surface area contributed by atoms with E-state index >= 15 is 0 Å². The highest BCUT2D eigenvalue weighted by Gasteiger charge is 2.19. The van der Waals surface area contributed by atoms with Crippen LogP contribution in [0, 0.1) is 0 Å². The van der Waals surface area contributed by atoms with Crippen molar-refractivity contribution in [2.75, 3.05) is 19.6 Å². The second-order valence-electron chi connectivity index (χ2n) is 3.89. The van der Waals surface area contributed by atoms with Gasteiger partial charge in [0.1, 0.15) is 5.78 Å². The second kappa shape index (κ2) is 5.10. The van der Waals surface area contributed by atoms with Crippen molar-refractivity contribution in [1.29, 1.82) is 0 Å². The summed E-state index contributed by atoms with van der Waals surface area (Å²) in [6.07, 6.45) is 1.42. The number of carbonyl (C=O) groups excluding carboxylic acids is 2. The van der Waals surface area contributed by atoms with Gasteiger partial charge >= 0.3 is 5.97 Å². The predicted octanol–water partition coefficient (Wildman–Crippen LogP) is 0.603. The third-order valence-electron chi connectivity index (χ3n) is 2.05. The van der Waals surface area contributed by atoms with E-state index < -0.39 is 0 Å². The standard InChI is InChI=1S/C10H17NO3/c1-8(2)14-10(13)7-11-5-3-4-9(12)6-11/h8H,3-7H2,1-2H3. The summed E-state index contributed by atoms with van der Waals surface area (Å²) < 4.78 is 5.00. The summed E-state index contributed by atoms with van der Waals surface area (Å²) in [5.74, 6) is -0.0247. The maximum absolute atomic E-state index is 11.3. The van der Waals surface area contributed by atoms with Gasteiger partial charge in [-0.2, -0.15) is 0 Å². The van der Waals surface area contributed by atoms with Crippen LogP contribution in [0.4, 0.5) is 0 Å². The molecule has 1 saturated heterocycles. The summed E-state index contributed by atoms with van der Waals surface area (Å²) in [6.45, 7) is 5.09. The summed E-state index contributed by atoms with van der Waals surface area (Å²) in [5.41, 5.74) is 0. The molecule has 1 fully saturated rings. The Morgan fingerprint density at radius 1 is 1.57 bits per heavy atom. The molecule has 0 spiro atoms. The van der Waals surface area contributed by atoms with Gasteiger partial charge in [0.05, 0.1) is 19.2 Å². The molecule has 0 aromatic rings. The van der Waals surface area contributed by atoms with Gasteiger partial charge in [-0.15, -0.1) is 0 Å². The number of ketones is 1. The van der Waals surface area contributed by atoms with Crippen LogP contribution in [-0.4, -0.2) is 42.4 Å². The Hall–Kier alpha value is -0.900. The molecule has 0 N–H and O–H groups in total. The molecule has 14 heavy (non-hydrogen) atoms. The highest BCUT2D eigenvalue weighted by atomic mass is 16.5. The van der Waals surface area contributed by atoms with Gasteiger partial charge in [-0.1, -0.05) is 0 Å². The van der Waals surface area contributed by atoms with Crippen molar-refractivity contribution in [1.82, 2.24) is 4.90 Å². The minimum absolute atomic E-state index is 0.0806. The first kappa shape index (κ1) is 11.2. The van der Waals surface area contributed by atoms with Gasteiger partial charge in [-0.3, -0.25) is 14.5 Å². The fourth-order valence-corrected chi connectivity index (χ4v) is 1.53. The SMILES string of the molecule is CC(C)OC(=O)CN1CCCC(=O)C1. The molecular formula is C10H17NO3. The largest absolute Gasteiger partial charge is 0.462 e. The summed E-state index contributed by atoms with van der Waals surface area (Å²) in [7, 11) is 0. The van der Waals surface area contributed by atoms with E-state index in [0.29, 0.717) is 13.0 Å². The lowest BCUT2D eigenvalue weighted by molar-refractivity contribution is -0.149. The molecule has 0 amide bonds. The molecule has 0 bridgehead atoms. The van der Waals surface area contributed by atoms with Crippen molar-refractivity contribution < 1.29 is 14.3 Å². The fourth-order valence-electron chi connectivity index (χ4n) is 1.53. The molecule has 80 valence electrons. The molecular weight excluding hydrogens is 182 g/mol. The van der Waals surface area contributed by atoms with Crippen molar-refractivity contribution in [2.24, 2.45) is 0 Å². The van der Waals surface area contributed by atoms with Crippen LogP contribution in [0.1, 0.15) is 26.7 Å². The zero-order valence-corrected chi connectivity index (χ0v) is 8.78. The van der Waals surface area contributed by atoms with E-state index in [1.165, 1.54) is 0 Å². The van der Waals surface area contributed by atoms with Gasteiger partial charge in [0, 0.05) is 6.42 Å². The molecule has 0 aliphatic carbocycles. The van der Waals surface area contributed by atoms with Crippen LogP contribution in [0.25, 0.3) is 0 Å². The molecule has 0 radical (unpaired) electrons. The average Bonchev–Trinajstić information content (AvgIpc) is 2.01. The molecule has 1 heterocycles. The topological polar surface area (TPSA) is 46.6 Å². The van der Waals surface area contributed by atoms with Crippen molar-refractivity contribution in [3.05, 3.63) is 0 Å². The zero-order valence-electron chi connectivity index (χ0n) is 8.78. The molecule has 0 aromatic heterocycles. The van der Waals surface area contributed by atoms with Gasteiger partial charge in [0.25, 0.3) is 0 Å². The van der Waals surface area contributed by atoms with Crippen LogP contribution >= 0.6 is 0 Å². The minimum atomic E-state index is -0.241. The number of carbonyl (C=O) groups is 2. The van der Waals surface area contributed by atoms with Crippen LogP contribution in [0.15, 0.2) is 0 Å². The molecule has 1 aliphatic heterocycles. The first-order chi connectivity index (χ1) is 6.58. The Labute approximate surface area is 84.2 Å². The van der Waals surface area contributed by atoms with Gasteiger partial charge in [0.15, 0.2) is 0 Å². The van der Waals surface area contributed by atoms with Crippen LogP contribution in [-0.2, 0) is 14.3 Å². The number of piperidine rings is 1. The number of rotatable bonds is 3. The smallest absolute Gasteiger partial charge is 0.320 e. The van der Waals surface area contributed by atoms with Crippen LogP contribution < -0.4 is 0 Å². The Balaban J connectivity index is 2.29. The number of esters is 1. The van der Waals surface area contributed by atoms with Crippen molar-refractivity contribution in [3.63, 3.8) is 0 Å². The summed E-state index contributed by atoms with van der Waals surface area (Å²) in [4.78, 5) is 24.2. The number of likely N-dealkylation sites (tertiary alicyclic amines) is 1. The molecule has 0 unspecified atom stereocenters. The highest BCUT2D eigenvalue weighted by Crippen LogP contribution is 2.05. The number of hydrogen-bond donors (Lipinski definition) is 0. The van der Waals surface area contributed by atoms with Gasteiger partial charge in [-0.05, 0) is 26.8 Å². The first-order valence-electron chi connectivity index (χ1n) is 5.01. The Bertz CT molecular complexity index is 225. The van der Waals surface area contributed by atoms with Crippen LogP contribution in [0.3, 0.4) is 0 Å². The summed E-state index contributed by atoms with van der Waals surface area (Å²) >= 11 is 0. The summed E-state index contributed by atoms with van der Waals surface area (Å²) in [5, 5.41) is 0. The van der Waals surface area contributed by atoms with Crippen molar-refractivity contribution >= 4 is 11.8 Å². The lowest BCUT2D eigenvalue weighted by Gasteiger charge is -2.24. The first-order valence-corrected chi connectivity index (χ1v) is 5.01. The van der Waals surface area contributed by atoms with Gasteiger partial charge in [0.2, 0.25) is 0 Å². The summed E-state index contributed by atoms with van der Waals surface area (Å²) in [6, 6.07) is 0. The maximum Gasteiger partial charge on any atom is 0.320 e. The van der Waals surface area contributed by atoms with E-state index in [1.54, 1.807) is 0 Å². The quantitative estimate of drug-likeness (QED) is 0.624. The fraction of sp³-hybridized carbons (Fsp3) is 0.800. The van der Waals surface area contributed by atoms with Crippen LogP contribution in [0.2, 0.25) is 0 Å². The van der Waals surface area contributed by atoms with Gasteiger partial charge in [-0.25, -0.2) is 0 Å². The molecule has 1 rings (SSSR count). The van der Waals surface area contributed by atoms with Crippen molar-refractivity contribution in [2.45, 2.75) is 32.8 Å². The van der Waals surface area contributed by atoms with Crippen molar-refractivity contribution in [3.8, 4) is 0 Å². The lowest BCUT2D eigenvalue weighted by atomic mass is 10.1. The third-order valence-corrected chi connectivity index (χ3v) is 2.05. The molecule has 0 saturated carbocycles. The van der Waals surface area contributed by atoms with E-state index in [0.717, 1.165) is 13.0 Å². The molecule has 0 aromatic carbocycles. The number of nitrogens with zero attached hydrogens (tertiary/aromatic N) is 1. The number of Topliss-reactive ketones (excluding diaryl/α,β-unsaturated/α-hetero) is 1. The van der Waals surface area contributed by atoms with Gasteiger partial charge < -0.3 is 4.74 Å². The number of ether oxygens (including phenoxy) is 1. The minimum Gasteiger partial charge on any atom is -0.462 e. The molecule has 4 nitrogen and oxygen atoms in total. The third kappa shape index (κ3) is 3.87. The Morgan fingerprint density at radius 2 is 2.29 bits per heavy atom. The maximum atomic E-state index is 11.3. The molecule has 1 aliphatic rings. The second-order valence-corrected chi connectivity index (χ2v) is 3.89. The van der Waals surface area contributed by atoms with E-state index in [2.05, 4.69) is 0 Å². The Morgan fingerprint density at radius 3 is 2.86 bits per heavy atom. The average molecular weight is 199 g/mol. The van der Waals surface area contributed by atoms with E-state index in [-0.39, 0.29) is 24.4 Å². The molecule has 4 heteroatoms. The Kier molecular flexibility index (Phi) is 4.07. The zero-order chi connectivity index (χ0) is 10.6. The van der Waals surface area contributed by atoms with E-state index in [4.69, 9.17) is 4.74 Å². The lowest BCUT2D eigenvalue weighted by Crippen LogP contribution is -2.39. The number of hydrogen-bond acceptors (Lipinski definition) is 4. The van der Waals surface area contributed by atoms with E-state index in [9.17, 15) is 9.59 Å². The van der Waals surface area contributed by atoms with Crippen LogP contribution in [0.5, 0.6) is 0 Å². The monoisotopic (exact) mass is 199 g/mol. The van der Waals surface area contributed by atoms with E-state index in [1.807, 2.05) is 18.7 Å². The highest BCUT2D eigenvalue weighted by molar-refractivity contribution is 5.82. The molecule has 0 atom stereocenters.